The van der Waals surface area contributed by atoms with Gasteiger partial charge in [0.15, 0.2) is 0 Å². The molecule has 15 heavy (non-hydrogen) atoms. The first-order chi connectivity index (χ1) is 7.13. The van der Waals surface area contributed by atoms with Gasteiger partial charge in [-0.25, -0.2) is 0 Å². The largest absolute Gasteiger partial charge is 0.480 e. The molecular formula is C10H18N2O3. The third kappa shape index (κ3) is 3.87. The third-order valence-corrected chi connectivity index (χ3v) is 2.58. The molecule has 1 saturated heterocycles. The summed E-state index contributed by atoms with van der Waals surface area (Å²) in [5.41, 5.74) is 0. The third-order valence-electron chi connectivity index (χ3n) is 2.58. The summed E-state index contributed by atoms with van der Waals surface area (Å²) >= 11 is 0. The van der Waals surface area contributed by atoms with E-state index in [9.17, 15) is 9.59 Å². The molecule has 1 amide bonds. The number of piperidine rings is 1. The van der Waals surface area contributed by atoms with Crippen molar-refractivity contribution >= 4 is 11.9 Å². The van der Waals surface area contributed by atoms with E-state index in [0.717, 1.165) is 12.8 Å². The minimum Gasteiger partial charge on any atom is -0.480 e. The molecule has 86 valence electrons. The van der Waals surface area contributed by atoms with Crippen LogP contribution in [-0.4, -0.2) is 35.6 Å². The molecule has 5 nitrogen and oxygen atoms in total. The summed E-state index contributed by atoms with van der Waals surface area (Å²) in [6, 6.07) is -0.398. The topological polar surface area (TPSA) is 78.4 Å². The average Bonchev–Trinajstić information content (AvgIpc) is 2.20. The molecule has 2 atom stereocenters. The number of carboxylic acid groups (broad SMARTS) is 1. The molecule has 2 unspecified atom stereocenters. The Balaban J connectivity index is 2.37. The number of carbonyl (C=O) groups excluding carboxylic acids is 1. The Labute approximate surface area is 89.2 Å². The molecule has 0 spiro atoms. The van der Waals surface area contributed by atoms with E-state index in [1.165, 1.54) is 0 Å². The lowest BCUT2D eigenvalue weighted by Gasteiger charge is -2.26. The van der Waals surface area contributed by atoms with Gasteiger partial charge in [-0.15, -0.1) is 0 Å². The maximum atomic E-state index is 10.9. The molecule has 0 saturated carbocycles. The molecule has 1 heterocycles. The van der Waals surface area contributed by atoms with Gasteiger partial charge in [-0.3, -0.25) is 14.9 Å². The molecular weight excluding hydrogens is 196 g/mol. The Morgan fingerprint density at radius 3 is 2.93 bits per heavy atom. The van der Waals surface area contributed by atoms with Crippen molar-refractivity contribution in [3.8, 4) is 0 Å². The summed E-state index contributed by atoms with van der Waals surface area (Å²) in [7, 11) is 0. The van der Waals surface area contributed by atoms with Crippen molar-refractivity contribution in [2.45, 2.75) is 44.7 Å². The van der Waals surface area contributed by atoms with Crippen LogP contribution in [0.15, 0.2) is 0 Å². The van der Waals surface area contributed by atoms with Gasteiger partial charge in [-0.05, 0) is 12.8 Å². The van der Waals surface area contributed by atoms with Gasteiger partial charge in [0.1, 0.15) is 6.04 Å². The average molecular weight is 214 g/mol. The van der Waals surface area contributed by atoms with Crippen LogP contribution in [0.4, 0.5) is 0 Å². The molecule has 1 fully saturated rings. The van der Waals surface area contributed by atoms with Gasteiger partial charge in [0.05, 0.1) is 0 Å². The van der Waals surface area contributed by atoms with E-state index < -0.39 is 12.0 Å². The van der Waals surface area contributed by atoms with Crippen LogP contribution in [0.1, 0.15) is 32.6 Å². The summed E-state index contributed by atoms with van der Waals surface area (Å²) in [5, 5.41) is 14.7. The number of carbonyl (C=O) groups is 2. The predicted octanol–water partition coefficient (Wildman–Crippen LogP) is 0.108. The highest BCUT2D eigenvalue weighted by Gasteiger charge is 2.23. The molecule has 0 aliphatic carbocycles. The number of rotatable bonds is 5. The quantitative estimate of drug-likeness (QED) is 0.607. The van der Waals surface area contributed by atoms with Crippen molar-refractivity contribution < 1.29 is 14.7 Å². The minimum absolute atomic E-state index is 0.0513. The molecule has 0 aromatic heterocycles. The Bertz CT molecular complexity index is 233. The van der Waals surface area contributed by atoms with Crippen LogP contribution in [0.3, 0.4) is 0 Å². The highest BCUT2D eigenvalue weighted by atomic mass is 16.4. The monoisotopic (exact) mass is 214 g/mol. The van der Waals surface area contributed by atoms with Gasteiger partial charge in [-0.1, -0.05) is 13.3 Å². The van der Waals surface area contributed by atoms with Gasteiger partial charge in [0, 0.05) is 19.0 Å². The Morgan fingerprint density at radius 1 is 1.73 bits per heavy atom. The Morgan fingerprint density at radius 2 is 2.47 bits per heavy atom. The van der Waals surface area contributed by atoms with Gasteiger partial charge in [0.25, 0.3) is 0 Å². The van der Waals surface area contributed by atoms with Crippen LogP contribution < -0.4 is 10.6 Å². The fraction of sp³-hybridized carbons (Fsp3) is 0.800. The molecule has 0 aromatic carbocycles. The van der Waals surface area contributed by atoms with E-state index in [2.05, 4.69) is 10.6 Å². The van der Waals surface area contributed by atoms with Crippen molar-refractivity contribution in [1.82, 2.24) is 10.6 Å². The van der Waals surface area contributed by atoms with E-state index in [1.807, 2.05) is 6.92 Å². The number of carboxylic acids is 1. The zero-order valence-corrected chi connectivity index (χ0v) is 8.95. The summed E-state index contributed by atoms with van der Waals surface area (Å²) in [6.45, 7) is 2.49. The van der Waals surface area contributed by atoms with Crippen LogP contribution >= 0.6 is 0 Å². The Kier molecular flexibility index (Phi) is 4.55. The summed E-state index contributed by atoms with van der Waals surface area (Å²) in [5.74, 6) is -0.760. The summed E-state index contributed by atoms with van der Waals surface area (Å²) in [4.78, 5) is 21.8. The lowest BCUT2D eigenvalue weighted by atomic mass is 10.0. The van der Waals surface area contributed by atoms with Gasteiger partial charge in [0.2, 0.25) is 5.91 Å². The van der Waals surface area contributed by atoms with Crippen LogP contribution in [-0.2, 0) is 9.59 Å². The highest BCUT2D eigenvalue weighted by molar-refractivity contribution is 5.77. The number of nitrogens with one attached hydrogen (secondary N) is 2. The first-order valence-electron chi connectivity index (χ1n) is 5.39. The highest BCUT2D eigenvalue weighted by Crippen LogP contribution is 2.06. The normalized spacial score (nSPS) is 23.3. The molecule has 1 aliphatic rings. The fourth-order valence-electron chi connectivity index (χ4n) is 1.73. The van der Waals surface area contributed by atoms with E-state index in [1.54, 1.807) is 0 Å². The van der Waals surface area contributed by atoms with Crippen LogP contribution in [0.5, 0.6) is 0 Å². The summed E-state index contributed by atoms with van der Waals surface area (Å²) in [6.07, 6.45) is 2.66. The number of hydrogen-bond acceptors (Lipinski definition) is 3. The SMILES string of the molecule is CCCC(NC1CCC(=O)NC1)C(=O)O. The summed E-state index contributed by atoms with van der Waals surface area (Å²) < 4.78 is 0. The Hall–Kier alpha value is -1.10. The van der Waals surface area contributed by atoms with Gasteiger partial charge in [-0.2, -0.15) is 0 Å². The number of hydrogen-bond donors (Lipinski definition) is 3. The molecule has 0 aromatic rings. The molecule has 1 aliphatic heterocycles. The second-order valence-electron chi connectivity index (χ2n) is 3.89. The van der Waals surface area contributed by atoms with Crippen molar-refractivity contribution in [1.29, 1.82) is 0 Å². The second kappa shape index (κ2) is 5.70. The minimum atomic E-state index is -0.811. The van der Waals surface area contributed by atoms with Crippen LogP contribution in [0.25, 0.3) is 0 Å². The standard InChI is InChI=1S/C10H18N2O3/c1-2-3-8(10(14)15)12-7-4-5-9(13)11-6-7/h7-8,12H,2-6H2,1H3,(H,11,13)(H,14,15). The lowest BCUT2D eigenvalue weighted by molar-refractivity contribution is -0.139. The van der Waals surface area contributed by atoms with Gasteiger partial charge < -0.3 is 10.4 Å². The lowest BCUT2D eigenvalue weighted by Crippen LogP contribution is -2.51. The molecule has 5 heteroatoms. The van der Waals surface area contributed by atoms with E-state index in [-0.39, 0.29) is 11.9 Å². The molecule has 0 bridgehead atoms. The second-order valence-corrected chi connectivity index (χ2v) is 3.89. The van der Waals surface area contributed by atoms with E-state index in [4.69, 9.17) is 5.11 Å². The van der Waals surface area contributed by atoms with Crippen molar-refractivity contribution in [3.63, 3.8) is 0 Å². The van der Waals surface area contributed by atoms with E-state index >= 15 is 0 Å². The van der Waals surface area contributed by atoms with Crippen molar-refractivity contribution in [2.75, 3.05) is 6.54 Å². The zero-order chi connectivity index (χ0) is 11.3. The first kappa shape index (κ1) is 12.0. The van der Waals surface area contributed by atoms with Crippen LogP contribution in [0.2, 0.25) is 0 Å². The zero-order valence-electron chi connectivity index (χ0n) is 8.95. The maximum absolute atomic E-state index is 10.9. The number of aliphatic carboxylic acids is 1. The first-order valence-corrected chi connectivity index (χ1v) is 5.39. The maximum Gasteiger partial charge on any atom is 0.320 e. The smallest absolute Gasteiger partial charge is 0.320 e. The molecule has 1 rings (SSSR count). The van der Waals surface area contributed by atoms with Gasteiger partial charge >= 0.3 is 5.97 Å². The molecule has 3 N–H and O–H groups in total. The predicted molar refractivity (Wildman–Crippen MR) is 55.5 cm³/mol. The number of amides is 1. The van der Waals surface area contributed by atoms with Crippen LogP contribution in [0, 0.1) is 0 Å². The van der Waals surface area contributed by atoms with Crippen molar-refractivity contribution in [3.05, 3.63) is 0 Å². The van der Waals surface area contributed by atoms with E-state index in [0.29, 0.717) is 19.4 Å². The van der Waals surface area contributed by atoms with Crippen molar-refractivity contribution in [2.24, 2.45) is 0 Å². The fourth-order valence-corrected chi connectivity index (χ4v) is 1.73. The molecule has 0 radical (unpaired) electrons.